The first-order chi connectivity index (χ1) is 6.31. The van der Waals surface area contributed by atoms with Crippen LogP contribution in [0.3, 0.4) is 0 Å². The van der Waals surface area contributed by atoms with Gasteiger partial charge in [-0.15, -0.1) is 0 Å². The Labute approximate surface area is 76.4 Å². The Morgan fingerprint density at radius 2 is 2.23 bits per heavy atom. The van der Waals surface area contributed by atoms with E-state index in [-0.39, 0.29) is 12.4 Å². The van der Waals surface area contributed by atoms with E-state index in [9.17, 15) is 5.11 Å². The van der Waals surface area contributed by atoms with Crippen molar-refractivity contribution in [2.75, 3.05) is 6.54 Å². The van der Waals surface area contributed by atoms with Crippen molar-refractivity contribution in [3.8, 4) is 5.75 Å². The van der Waals surface area contributed by atoms with E-state index in [1.807, 2.05) is 0 Å². The standard InChI is InChI=1S/C10H11NO2/c12-6-9-3-8-5-11-2-1-7(8)4-10(9)13/h3-5,12-13H,1-2,6H2. The van der Waals surface area contributed by atoms with Crippen LogP contribution in [0, 0.1) is 0 Å². The van der Waals surface area contributed by atoms with Crippen molar-refractivity contribution >= 4 is 6.21 Å². The van der Waals surface area contributed by atoms with Gasteiger partial charge in [0.15, 0.2) is 0 Å². The van der Waals surface area contributed by atoms with Crippen LogP contribution in [-0.2, 0) is 13.0 Å². The van der Waals surface area contributed by atoms with Gasteiger partial charge >= 0.3 is 0 Å². The average Bonchev–Trinajstić information content (AvgIpc) is 2.17. The fourth-order valence-corrected chi connectivity index (χ4v) is 1.51. The molecular formula is C10H11NO2. The first-order valence-electron chi connectivity index (χ1n) is 4.26. The summed E-state index contributed by atoms with van der Waals surface area (Å²) < 4.78 is 0. The van der Waals surface area contributed by atoms with E-state index in [1.165, 1.54) is 0 Å². The molecule has 0 fully saturated rings. The Morgan fingerprint density at radius 3 is 3.00 bits per heavy atom. The minimum Gasteiger partial charge on any atom is -0.508 e. The minimum absolute atomic E-state index is 0.132. The van der Waals surface area contributed by atoms with Crippen LogP contribution < -0.4 is 0 Å². The van der Waals surface area contributed by atoms with Crippen molar-refractivity contribution in [2.24, 2.45) is 4.99 Å². The fourth-order valence-electron chi connectivity index (χ4n) is 1.51. The SMILES string of the molecule is OCc1cc2c(cc1O)CCN=C2. The number of nitrogens with zero attached hydrogens (tertiary/aromatic N) is 1. The number of hydrogen-bond donors (Lipinski definition) is 2. The summed E-state index contributed by atoms with van der Waals surface area (Å²) in [7, 11) is 0. The van der Waals surface area contributed by atoms with E-state index < -0.39 is 0 Å². The van der Waals surface area contributed by atoms with Gasteiger partial charge in [-0.05, 0) is 29.7 Å². The van der Waals surface area contributed by atoms with Crippen LogP contribution in [0.25, 0.3) is 0 Å². The first kappa shape index (κ1) is 8.26. The van der Waals surface area contributed by atoms with Gasteiger partial charge in [0.2, 0.25) is 0 Å². The predicted octanol–water partition coefficient (Wildman–Crippen LogP) is 0.859. The monoisotopic (exact) mass is 177 g/mol. The van der Waals surface area contributed by atoms with Gasteiger partial charge in [-0.2, -0.15) is 0 Å². The van der Waals surface area contributed by atoms with Crippen LogP contribution in [0.2, 0.25) is 0 Å². The number of rotatable bonds is 1. The van der Waals surface area contributed by atoms with Crippen LogP contribution in [0.5, 0.6) is 5.75 Å². The van der Waals surface area contributed by atoms with Gasteiger partial charge in [-0.1, -0.05) is 0 Å². The average molecular weight is 177 g/mol. The van der Waals surface area contributed by atoms with Gasteiger partial charge in [0.05, 0.1) is 6.61 Å². The molecular weight excluding hydrogens is 166 g/mol. The van der Waals surface area contributed by atoms with Gasteiger partial charge in [0.1, 0.15) is 5.75 Å². The van der Waals surface area contributed by atoms with E-state index in [0.717, 1.165) is 24.1 Å². The number of phenols is 1. The maximum Gasteiger partial charge on any atom is 0.121 e. The van der Waals surface area contributed by atoms with Gasteiger partial charge in [-0.3, -0.25) is 4.99 Å². The van der Waals surface area contributed by atoms with Crippen LogP contribution in [-0.4, -0.2) is 23.0 Å². The highest BCUT2D eigenvalue weighted by Crippen LogP contribution is 2.23. The molecule has 0 saturated heterocycles. The van der Waals surface area contributed by atoms with Crippen molar-refractivity contribution in [1.29, 1.82) is 0 Å². The number of aliphatic hydroxyl groups excluding tert-OH is 1. The topological polar surface area (TPSA) is 52.8 Å². The summed E-state index contributed by atoms with van der Waals surface area (Å²) in [6.07, 6.45) is 2.66. The van der Waals surface area contributed by atoms with Gasteiger partial charge in [-0.25, -0.2) is 0 Å². The third-order valence-electron chi connectivity index (χ3n) is 2.25. The molecule has 0 spiro atoms. The summed E-state index contributed by atoms with van der Waals surface area (Å²) in [4.78, 5) is 4.14. The number of benzene rings is 1. The van der Waals surface area contributed by atoms with Crippen molar-refractivity contribution in [3.05, 3.63) is 28.8 Å². The smallest absolute Gasteiger partial charge is 0.121 e. The molecule has 0 saturated carbocycles. The van der Waals surface area contributed by atoms with Crippen LogP contribution in [0.1, 0.15) is 16.7 Å². The third kappa shape index (κ3) is 1.42. The zero-order valence-electron chi connectivity index (χ0n) is 7.20. The Morgan fingerprint density at radius 1 is 1.38 bits per heavy atom. The molecule has 1 heterocycles. The summed E-state index contributed by atoms with van der Waals surface area (Å²) in [5.74, 6) is 0.177. The fraction of sp³-hybridized carbons (Fsp3) is 0.300. The Balaban J connectivity index is 2.52. The molecule has 1 aliphatic rings. The van der Waals surface area contributed by atoms with Crippen molar-refractivity contribution in [1.82, 2.24) is 0 Å². The second-order valence-electron chi connectivity index (χ2n) is 3.12. The summed E-state index contributed by atoms with van der Waals surface area (Å²) in [6, 6.07) is 3.50. The molecule has 1 aromatic carbocycles. The normalized spacial score (nSPS) is 14.2. The predicted molar refractivity (Wildman–Crippen MR) is 50.2 cm³/mol. The molecule has 3 nitrogen and oxygen atoms in total. The van der Waals surface area contributed by atoms with Crippen LogP contribution >= 0.6 is 0 Å². The van der Waals surface area contributed by atoms with Crippen molar-refractivity contribution in [2.45, 2.75) is 13.0 Å². The maximum absolute atomic E-state index is 9.46. The largest absolute Gasteiger partial charge is 0.508 e. The van der Waals surface area contributed by atoms with E-state index in [0.29, 0.717) is 5.56 Å². The van der Waals surface area contributed by atoms with Crippen LogP contribution in [0.4, 0.5) is 0 Å². The number of aliphatic hydroxyl groups is 1. The summed E-state index contributed by atoms with van der Waals surface area (Å²) in [5.41, 5.74) is 2.67. The lowest BCUT2D eigenvalue weighted by Crippen LogP contribution is -2.03. The van der Waals surface area contributed by atoms with E-state index in [4.69, 9.17) is 5.11 Å². The highest BCUT2D eigenvalue weighted by atomic mass is 16.3. The highest BCUT2D eigenvalue weighted by molar-refractivity contribution is 5.83. The zero-order chi connectivity index (χ0) is 9.26. The van der Waals surface area contributed by atoms with Crippen molar-refractivity contribution in [3.63, 3.8) is 0 Å². The molecule has 3 heteroatoms. The zero-order valence-corrected chi connectivity index (χ0v) is 7.20. The molecule has 0 atom stereocenters. The molecule has 0 aromatic heterocycles. The Bertz CT molecular complexity index is 358. The second-order valence-corrected chi connectivity index (χ2v) is 3.12. The summed E-state index contributed by atoms with van der Waals surface area (Å²) in [6.45, 7) is 0.651. The molecule has 2 N–H and O–H groups in total. The number of aromatic hydroxyl groups is 1. The molecule has 0 unspecified atom stereocenters. The lowest BCUT2D eigenvalue weighted by molar-refractivity contribution is 0.275. The number of aliphatic imine (C=N–C) groups is 1. The molecule has 0 bridgehead atoms. The molecule has 1 aromatic rings. The second kappa shape index (κ2) is 3.18. The summed E-state index contributed by atoms with van der Waals surface area (Å²) in [5, 5.41) is 18.4. The van der Waals surface area contributed by atoms with Gasteiger partial charge in [0.25, 0.3) is 0 Å². The van der Waals surface area contributed by atoms with E-state index >= 15 is 0 Å². The van der Waals surface area contributed by atoms with Gasteiger partial charge < -0.3 is 10.2 Å². The molecule has 0 radical (unpaired) electrons. The Hall–Kier alpha value is -1.35. The molecule has 1 aliphatic heterocycles. The number of fused-ring (bicyclic) bond motifs is 1. The molecule has 0 amide bonds. The lowest BCUT2D eigenvalue weighted by Gasteiger charge is -2.12. The number of hydrogen-bond acceptors (Lipinski definition) is 3. The molecule has 68 valence electrons. The summed E-state index contributed by atoms with van der Waals surface area (Å²) >= 11 is 0. The van der Waals surface area contributed by atoms with Gasteiger partial charge in [0, 0.05) is 18.3 Å². The highest BCUT2D eigenvalue weighted by Gasteiger charge is 2.09. The molecule has 2 rings (SSSR count). The molecule has 0 aliphatic carbocycles. The van der Waals surface area contributed by atoms with Crippen molar-refractivity contribution < 1.29 is 10.2 Å². The van der Waals surface area contributed by atoms with Crippen LogP contribution in [0.15, 0.2) is 17.1 Å². The van der Waals surface area contributed by atoms with E-state index in [1.54, 1.807) is 18.3 Å². The maximum atomic E-state index is 9.46. The Kier molecular flexibility index (Phi) is 2.02. The van der Waals surface area contributed by atoms with E-state index in [2.05, 4.69) is 4.99 Å². The molecule has 13 heavy (non-hydrogen) atoms. The third-order valence-corrected chi connectivity index (χ3v) is 2.25. The first-order valence-corrected chi connectivity index (χ1v) is 4.26. The minimum atomic E-state index is -0.132. The lowest BCUT2D eigenvalue weighted by atomic mass is 10.00. The quantitative estimate of drug-likeness (QED) is 0.668.